The fourth-order valence-corrected chi connectivity index (χ4v) is 5.29. The van der Waals surface area contributed by atoms with Crippen LogP contribution in [-0.2, 0) is 4.79 Å². The van der Waals surface area contributed by atoms with Gasteiger partial charge < -0.3 is 16.9 Å². The first kappa shape index (κ1) is 16.6. The second kappa shape index (κ2) is 7.94. The summed E-state index contributed by atoms with van der Waals surface area (Å²) in [4.78, 5) is 11.7. The third kappa shape index (κ3) is 5.24. The van der Waals surface area contributed by atoms with E-state index < -0.39 is 0 Å². The highest BCUT2D eigenvalue weighted by Gasteiger charge is 2.11. The molecule has 0 atom stereocenters. The van der Waals surface area contributed by atoms with Gasteiger partial charge >= 0.3 is 0 Å². The van der Waals surface area contributed by atoms with Crippen molar-refractivity contribution in [3.8, 4) is 0 Å². The minimum atomic E-state index is -0.136. The molecular weight excluding hydrogens is 593 g/mol. The SMILES string of the molecule is NN=C(N)SCC(=O)Nc1c(I)cc(I)cc1I. The highest BCUT2D eigenvalue weighted by atomic mass is 127. The molecular formula is C9H9I3N4OS. The number of nitrogens with zero attached hydrogens (tertiary/aromatic N) is 1. The number of thioether (sulfide) groups is 1. The number of hydrogen-bond acceptors (Lipinski definition) is 4. The van der Waals surface area contributed by atoms with Crippen LogP contribution in [0.15, 0.2) is 17.2 Å². The normalized spacial score (nSPS) is 11.4. The quantitative estimate of drug-likeness (QED) is 0.163. The number of hydrogen-bond donors (Lipinski definition) is 3. The van der Waals surface area contributed by atoms with Crippen molar-refractivity contribution in [2.45, 2.75) is 0 Å². The van der Waals surface area contributed by atoms with Crippen molar-refractivity contribution in [1.82, 2.24) is 0 Å². The molecule has 0 unspecified atom stereocenters. The molecule has 0 bridgehead atoms. The van der Waals surface area contributed by atoms with E-state index >= 15 is 0 Å². The Hall–Kier alpha value is 0.500. The van der Waals surface area contributed by atoms with Crippen LogP contribution in [0.5, 0.6) is 0 Å². The molecule has 0 fully saturated rings. The molecule has 0 aromatic heterocycles. The molecule has 9 heteroatoms. The number of amides is 1. The average Bonchev–Trinajstić information content (AvgIpc) is 2.30. The van der Waals surface area contributed by atoms with Crippen molar-refractivity contribution in [1.29, 1.82) is 0 Å². The number of carbonyl (C=O) groups is 1. The van der Waals surface area contributed by atoms with Gasteiger partial charge in [0.15, 0.2) is 5.17 Å². The fraction of sp³-hybridized carbons (Fsp3) is 0.111. The molecule has 1 amide bonds. The first-order chi connectivity index (χ1) is 8.43. The summed E-state index contributed by atoms with van der Waals surface area (Å²) in [5.41, 5.74) is 6.22. The molecule has 0 aliphatic heterocycles. The summed E-state index contributed by atoms with van der Waals surface area (Å²) in [6.07, 6.45) is 0. The minimum Gasteiger partial charge on any atom is -0.377 e. The molecule has 0 aliphatic carbocycles. The van der Waals surface area contributed by atoms with Crippen molar-refractivity contribution in [2.75, 3.05) is 11.1 Å². The zero-order valence-electron chi connectivity index (χ0n) is 8.91. The van der Waals surface area contributed by atoms with E-state index in [-0.39, 0.29) is 16.8 Å². The monoisotopic (exact) mass is 602 g/mol. The summed E-state index contributed by atoms with van der Waals surface area (Å²) in [6.45, 7) is 0. The summed E-state index contributed by atoms with van der Waals surface area (Å²) in [6, 6.07) is 4.00. The van der Waals surface area contributed by atoms with Crippen LogP contribution in [0.3, 0.4) is 0 Å². The number of amidine groups is 1. The van der Waals surface area contributed by atoms with Crippen LogP contribution in [0.2, 0.25) is 0 Å². The van der Waals surface area contributed by atoms with Gasteiger partial charge in [0.2, 0.25) is 5.91 Å². The molecule has 18 heavy (non-hydrogen) atoms. The smallest absolute Gasteiger partial charge is 0.234 e. The number of anilines is 1. The van der Waals surface area contributed by atoms with Crippen LogP contribution in [0.1, 0.15) is 0 Å². The summed E-state index contributed by atoms with van der Waals surface area (Å²) in [5, 5.41) is 6.34. The number of benzene rings is 1. The molecule has 1 aromatic carbocycles. The molecule has 0 saturated carbocycles. The largest absolute Gasteiger partial charge is 0.377 e. The van der Waals surface area contributed by atoms with Crippen LogP contribution in [0.4, 0.5) is 5.69 Å². The predicted molar refractivity (Wildman–Crippen MR) is 101 cm³/mol. The second-order valence-electron chi connectivity index (χ2n) is 3.05. The molecule has 1 aromatic rings. The van der Waals surface area contributed by atoms with Crippen molar-refractivity contribution in [3.05, 3.63) is 22.8 Å². The molecule has 0 spiro atoms. The maximum Gasteiger partial charge on any atom is 0.234 e. The number of halogens is 3. The number of hydrazone groups is 1. The summed E-state index contributed by atoms with van der Waals surface area (Å²) >= 11 is 7.73. The van der Waals surface area contributed by atoms with Crippen molar-refractivity contribution in [2.24, 2.45) is 16.7 Å². The van der Waals surface area contributed by atoms with E-state index in [0.717, 1.165) is 28.2 Å². The Morgan fingerprint density at radius 2 is 1.89 bits per heavy atom. The lowest BCUT2D eigenvalue weighted by atomic mass is 10.3. The molecule has 5 N–H and O–H groups in total. The third-order valence-electron chi connectivity index (χ3n) is 1.75. The van der Waals surface area contributed by atoms with E-state index in [0.29, 0.717) is 0 Å². The molecule has 0 saturated heterocycles. The number of rotatable bonds is 3. The van der Waals surface area contributed by atoms with Gasteiger partial charge in [-0.2, -0.15) is 5.10 Å². The lowest BCUT2D eigenvalue weighted by Gasteiger charge is -2.10. The number of nitrogens with two attached hydrogens (primary N) is 2. The summed E-state index contributed by atoms with van der Waals surface area (Å²) in [7, 11) is 0. The van der Waals surface area contributed by atoms with Gasteiger partial charge in [-0.15, -0.1) is 0 Å². The summed E-state index contributed by atoms with van der Waals surface area (Å²) < 4.78 is 3.14. The minimum absolute atomic E-state index is 0.136. The van der Waals surface area contributed by atoms with Gasteiger partial charge in [-0.3, -0.25) is 4.79 Å². The average molecular weight is 602 g/mol. The van der Waals surface area contributed by atoms with E-state index in [1.807, 2.05) is 12.1 Å². The topological polar surface area (TPSA) is 93.5 Å². The Morgan fingerprint density at radius 3 is 2.39 bits per heavy atom. The van der Waals surface area contributed by atoms with E-state index in [4.69, 9.17) is 11.6 Å². The van der Waals surface area contributed by atoms with Crippen LogP contribution in [0.25, 0.3) is 0 Å². The predicted octanol–water partition coefficient (Wildman–Crippen LogP) is 2.36. The zero-order chi connectivity index (χ0) is 13.7. The van der Waals surface area contributed by atoms with E-state index in [9.17, 15) is 4.79 Å². The van der Waals surface area contributed by atoms with Crippen LogP contribution >= 0.6 is 79.5 Å². The molecule has 98 valence electrons. The van der Waals surface area contributed by atoms with Gasteiger partial charge in [-0.1, -0.05) is 11.8 Å². The lowest BCUT2D eigenvalue weighted by molar-refractivity contribution is -0.113. The molecule has 1 rings (SSSR count). The van der Waals surface area contributed by atoms with Crippen molar-refractivity contribution < 1.29 is 4.79 Å². The Morgan fingerprint density at radius 1 is 1.33 bits per heavy atom. The van der Waals surface area contributed by atoms with Crippen LogP contribution in [-0.4, -0.2) is 16.8 Å². The summed E-state index contributed by atoms with van der Waals surface area (Å²) in [5.74, 6) is 5.03. The van der Waals surface area contributed by atoms with Gasteiger partial charge in [0.05, 0.1) is 11.4 Å². The van der Waals surface area contributed by atoms with Crippen LogP contribution < -0.4 is 16.9 Å². The van der Waals surface area contributed by atoms with Gasteiger partial charge in [-0.25, -0.2) is 0 Å². The standard InChI is InChI=1S/C9H9I3N4OS/c10-4-1-5(11)8(6(12)2-4)15-7(17)3-18-9(13)16-14/h1-2H,3,14H2,(H2,13,16)(H,15,17). The highest BCUT2D eigenvalue weighted by Crippen LogP contribution is 2.27. The van der Waals surface area contributed by atoms with E-state index in [2.05, 4.69) is 78.2 Å². The first-order valence-electron chi connectivity index (χ1n) is 4.54. The molecule has 5 nitrogen and oxygen atoms in total. The van der Waals surface area contributed by atoms with E-state index in [1.165, 1.54) is 0 Å². The van der Waals surface area contributed by atoms with Gasteiger partial charge in [0.1, 0.15) is 0 Å². The van der Waals surface area contributed by atoms with Gasteiger partial charge in [0, 0.05) is 10.7 Å². The maximum absolute atomic E-state index is 11.7. The Labute approximate surface area is 150 Å². The fourth-order valence-electron chi connectivity index (χ4n) is 1.01. The first-order valence-corrected chi connectivity index (χ1v) is 8.76. The molecule has 0 heterocycles. The number of carbonyl (C=O) groups excluding carboxylic acids is 1. The second-order valence-corrected chi connectivity index (χ2v) is 7.61. The highest BCUT2D eigenvalue weighted by molar-refractivity contribution is 14.1. The third-order valence-corrected chi connectivity index (χ3v) is 4.88. The van der Waals surface area contributed by atoms with Crippen LogP contribution in [0, 0.1) is 10.7 Å². The number of nitrogens with one attached hydrogen (secondary N) is 1. The van der Waals surface area contributed by atoms with Crippen molar-refractivity contribution >= 4 is 96.3 Å². The zero-order valence-corrected chi connectivity index (χ0v) is 16.2. The Kier molecular flexibility index (Phi) is 7.30. The van der Waals surface area contributed by atoms with Gasteiger partial charge in [-0.05, 0) is 79.9 Å². The lowest BCUT2D eigenvalue weighted by Crippen LogP contribution is -2.19. The Balaban J connectivity index is 2.71. The Bertz CT molecular complexity index is 472. The molecule has 0 radical (unpaired) electrons. The van der Waals surface area contributed by atoms with Gasteiger partial charge in [0.25, 0.3) is 0 Å². The molecule has 0 aliphatic rings. The maximum atomic E-state index is 11.7. The van der Waals surface area contributed by atoms with Crippen molar-refractivity contribution in [3.63, 3.8) is 0 Å². The van der Waals surface area contributed by atoms with E-state index in [1.54, 1.807) is 0 Å².